The van der Waals surface area contributed by atoms with Crippen molar-refractivity contribution in [2.45, 2.75) is 51.1 Å². The Labute approximate surface area is 204 Å². The molecule has 0 spiro atoms. The van der Waals surface area contributed by atoms with E-state index in [1.165, 1.54) is 18.3 Å². The molecular formula is C27H29N3O3S. The minimum absolute atomic E-state index is 0.134. The molecule has 1 unspecified atom stereocenters. The van der Waals surface area contributed by atoms with Crippen LogP contribution in [0.3, 0.4) is 0 Å². The van der Waals surface area contributed by atoms with Crippen LogP contribution in [0.1, 0.15) is 49.1 Å². The Morgan fingerprint density at radius 3 is 2.29 bits per heavy atom. The molecule has 0 radical (unpaired) electrons. The van der Waals surface area contributed by atoms with Gasteiger partial charge in [0.2, 0.25) is 17.7 Å². The van der Waals surface area contributed by atoms with Gasteiger partial charge in [-0.2, -0.15) is 0 Å². The van der Waals surface area contributed by atoms with Gasteiger partial charge in [-0.25, -0.2) is 0 Å². The first-order valence-electron chi connectivity index (χ1n) is 11.6. The predicted molar refractivity (Wildman–Crippen MR) is 136 cm³/mol. The number of thiophene rings is 1. The molecule has 176 valence electrons. The van der Waals surface area contributed by atoms with Gasteiger partial charge in [-0.05, 0) is 54.1 Å². The lowest BCUT2D eigenvalue weighted by molar-refractivity contribution is -0.127. The summed E-state index contributed by atoms with van der Waals surface area (Å²) in [5.41, 5.74) is 1.99. The van der Waals surface area contributed by atoms with E-state index in [-0.39, 0.29) is 30.2 Å². The normalized spacial score (nSPS) is 14.4. The van der Waals surface area contributed by atoms with Crippen molar-refractivity contribution in [3.8, 4) is 0 Å². The number of carbonyl (C=O) groups is 3. The van der Waals surface area contributed by atoms with Crippen LogP contribution in [0.4, 0.5) is 11.4 Å². The summed E-state index contributed by atoms with van der Waals surface area (Å²) in [6.45, 7) is 1.45. The summed E-state index contributed by atoms with van der Waals surface area (Å²) in [4.78, 5) is 41.4. The van der Waals surface area contributed by atoms with E-state index >= 15 is 0 Å². The summed E-state index contributed by atoms with van der Waals surface area (Å²) >= 11 is 1.52. The number of nitrogens with one attached hydrogen (secondary N) is 2. The molecule has 0 bridgehead atoms. The molecule has 7 heteroatoms. The summed E-state index contributed by atoms with van der Waals surface area (Å²) in [5.74, 6) is -0.509. The zero-order chi connectivity index (χ0) is 23.9. The summed E-state index contributed by atoms with van der Waals surface area (Å²) in [6.07, 6.45) is 4.33. The fraction of sp³-hybridized carbons (Fsp3) is 0.296. The Bertz CT molecular complexity index is 1110. The predicted octanol–water partition coefficient (Wildman–Crippen LogP) is 5.08. The van der Waals surface area contributed by atoms with Crippen molar-refractivity contribution >= 4 is 40.4 Å². The van der Waals surface area contributed by atoms with Gasteiger partial charge in [0.15, 0.2) is 0 Å². The molecule has 1 saturated carbocycles. The largest absolute Gasteiger partial charge is 0.351 e. The highest BCUT2D eigenvalue weighted by Crippen LogP contribution is 2.31. The van der Waals surface area contributed by atoms with Crippen LogP contribution in [0, 0.1) is 0 Å². The van der Waals surface area contributed by atoms with Crippen LogP contribution >= 0.6 is 11.3 Å². The third kappa shape index (κ3) is 5.91. The number of rotatable bonds is 8. The standard InChI is InChI=1S/C27H29N3O3S/c1-19(31)28-22-13-15-23(16-14-22)30(25(32)18-24-12-7-17-34-24)26(20-8-3-2-4-9-20)27(33)29-21-10-5-6-11-21/h2-4,7-9,12-17,21,26H,5-6,10-11,18H2,1H3,(H,28,31)(H,29,33). The third-order valence-electron chi connectivity index (χ3n) is 5.96. The fourth-order valence-corrected chi connectivity index (χ4v) is 5.09. The summed E-state index contributed by atoms with van der Waals surface area (Å²) in [5, 5.41) is 7.88. The Kier molecular flexibility index (Phi) is 7.75. The number of carbonyl (C=O) groups excluding carboxylic acids is 3. The van der Waals surface area contributed by atoms with E-state index in [4.69, 9.17) is 0 Å². The van der Waals surface area contributed by atoms with Gasteiger partial charge in [-0.15, -0.1) is 11.3 Å². The Morgan fingerprint density at radius 1 is 0.971 bits per heavy atom. The van der Waals surface area contributed by atoms with Crippen molar-refractivity contribution in [2.24, 2.45) is 0 Å². The number of anilines is 2. The molecule has 3 aromatic rings. The number of hydrogen-bond acceptors (Lipinski definition) is 4. The van der Waals surface area contributed by atoms with Gasteiger partial charge in [0.25, 0.3) is 0 Å². The van der Waals surface area contributed by atoms with Gasteiger partial charge in [0.05, 0.1) is 6.42 Å². The first-order valence-corrected chi connectivity index (χ1v) is 12.5. The molecule has 1 fully saturated rings. The molecule has 0 saturated heterocycles. The van der Waals surface area contributed by atoms with Crippen molar-refractivity contribution in [3.05, 3.63) is 82.6 Å². The topological polar surface area (TPSA) is 78.5 Å². The summed E-state index contributed by atoms with van der Waals surface area (Å²) < 4.78 is 0. The van der Waals surface area contributed by atoms with Gasteiger partial charge in [0.1, 0.15) is 6.04 Å². The van der Waals surface area contributed by atoms with E-state index in [0.29, 0.717) is 11.4 Å². The quantitative estimate of drug-likeness (QED) is 0.477. The van der Waals surface area contributed by atoms with Crippen LogP contribution in [0.25, 0.3) is 0 Å². The second kappa shape index (κ2) is 11.1. The Balaban J connectivity index is 1.72. The number of hydrogen-bond donors (Lipinski definition) is 2. The van der Waals surface area contributed by atoms with E-state index in [1.54, 1.807) is 29.2 Å². The molecule has 4 rings (SSSR count). The molecular weight excluding hydrogens is 446 g/mol. The zero-order valence-electron chi connectivity index (χ0n) is 19.2. The molecule has 1 aliphatic rings. The average molecular weight is 476 g/mol. The van der Waals surface area contributed by atoms with Gasteiger partial charge in [-0.3, -0.25) is 19.3 Å². The molecule has 34 heavy (non-hydrogen) atoms. The second-order valence-electron chi connectivity index (χ2n) is 8.55. The van der Waals surface area contributed by atoms with Crippen molar-refractivity contribution in [1.29, 1.82) is 0 Å². The zero-order valence-corrected chi connectivity index (χ0v) is 20.0. The van der Waals surface area contributed by atoms with E-state index in [9.17, 15) is 14.4 Å². The van der Waals surface area contributed by atoms with Crippen molar-refractivity contribution in [2.75, 3.05) is 10.2 Å². The number of benzene rings is 2. The van der Waals surface area contributed by atoms with E-state index in [0.717, 1.165) is 36.1 Å². The molecule has 1 heterocycles. The lowest BCUT2D eigenvalue weighted by Gasteiger charge is -2.32. The molecule has 0 aliphatic heterocycles. The summed E-state index contributed by atoms with van der Waals surface area (Å²) in [7, 11) is 0. The maximum absolute atomic E-state index is 13.7. The maximum atomic E-state index is 13.7. The third-order valence-corrected chi connectivity index (χ3v) is 6.84. The maximum Gasteiger partial charge on any atom is 0.248 e. The van der Waals surface area contributed by atoms with Crippen molar-refractivity contribution < 1.29 is 14.4 Å². The smallest absolute Gasteiger partial charge is 0.248 e. The molecule has 3 amide bonds. The van der Waals surface area contributed by atoms with E-state index in [2.05, 4.69) is 10.6 Å². The van der Waals surface area contributed by atoms with Crippen LogP contribution in [0.15, 0.2) is 72.1 Å². The van der Waals surface area contributed by atoms with E-state index in [1.807, 2.05) is 47.8 Å². The lowest BCUT2D eigenvalue weighted by atomic mass is 10.0. The van der Waals surface area contributed by atoms with Crippen LogP contribution < -0.4 is 15.5 Å². The number of nitrogens with zero attached hydrogens (tertiary/aromatic N) is 1. The highest BCUT2D eigenvalue weighted by molar-refractivity contribution is 7.10. The lowest BCUT2D eigenvalue weighted by Crippen LogP contribution is -2.46. The molecule has 6 nitrogen and oxygen atoms in total. The van der Waals surface area contributed by atoms with Gasteiger partial charge >= 0.3 is 0 Å². The molecule has 2 aromatic carbocycles. The molecule has 1 atom stereocenters. The van der Waals surface area contributed by atoms with Crippen molar-refractivity contribution in [1.82, 2.24) is 5.32 Å². The second-order valence-corrected chi connectivity index (χ2v) is 9.58. The molecule has 1 aliphatic carbocycles. The van der Waals surface area contributed by atoms with E-state index < -0.39 is 6.04 Å². The Morgan fingerprint density at radius 2 is 1.68 bits per heavy atom. The average Bonchev–Trinajstić information content (AvgIpc) is 3.52. The Hall–Kier alpha value is -3.45. The van der Waals surface area contributed by atoms with Crippen LogP contribution in [0.2, 0.25) is 0 Å². The monoisotopic (exact) mass is 475 g/mol. The first kappa shape index (κ1) is 23.7. The van der Waals surface area contributed by atoms with Gasteiger partial charge in [-0.1, -0.05) is 49.2 Å². The van der Waals surface area contributed by atoms with Gasteiger partial charge in [0, 0.05) is 29.2 Å². The number of amides is 3. The SMILES string of the molecule is CC(=O)Nc1ccc(N(C(=O)Cc2cccs2)C(C(=O)NC2CCCC2)c2ccccc2)cc1. The van der Waals surface area contributed by atoms with Crippen LogP contribution in [-0.4, -0.2) is 23.8 Å². The minimum atomic E-state index is -0.805. The first-order chi connectivity index (χ1) is 16.5. The fourth-order valence-electron chi connectivity index (χ4n) is 4.40. The van der Waals surface area contributed by atoms with Gasteiger partial charge < -0.3 is 10.6 Å². The minimum Gasteiger partial charge on any atom is -0.351 e. The van der Waals surface area contributed by atoms with Crippen LogP contribution in [-0.2, 0) is 20.8 Å². The molecule has 1 aromatic heterocycles. The van der Waals surface area contributed by atoms with Crippen molar-refractivity contribution in [3.63, 3.8) is 0 Å². The highest BCUT2D eigenvalue weighted by atomic mass is 32.1. The van der Waals surface area contributed by atoms with Crippen LogP contribution in [0.5, 0.6) is 0 Å². The summed E-state index contributed by atoms with van der Waals surface area (Å²) in [6, 6.07) is 19.7. The molecule has 2 N–H and O–H groups in total. The highest BCUT2D eigenvalue weighted by Gasteiger charge is 2.34.